The van der Waals surface area contributed by atoms with Gasteiger partial charge in [-0.1, -0.05) is 36.4 Å². The number of para-hydroxylation sites is 2. The number of anilines is 1. The Balaban J connectivity index is 1.00. The number of benzene rings is 3. The van der Waals surface area contributed by atoms with E-state index in [0.717, 1.165) is 4.90 Å². The summed E-state index contributed by atoms with van der Waals surface area (Å²) in [7, 11) is 0. The van der Waals surface area contributed by atoms with Crippen molar-refractivity contribution >= 4 is 74.8 Å². The summed E-state index contributed by atoms with van der Waals surface area (Å²) in [5.74, 6) is -2.68. The number of hydrogen-bond acceptors (Lipinski definition) is 10. The molecule has 12 nitrogen and oxygen atoms in total. The molecule has 3 amide bonds. The second-order valence-electron chi connectivity index (χ2n) is 10.9. The summed E-state index contributed by atoms with van der Waals surface area (Å²) in [6.07, 6.45) is 0. The molecule has 1 saturated heterocycles. The molecule has 48 heavy (non-hydrogen) atoms. The standard InChI is InChI=1S/C34H23N3O9S2/c38-28(22-13-17-5-1-3-7-24(17)45-33(22)43)35-20-9-11-21(12-10-20)47-15-19-16-48-31-26(30(40)37(31)27(19)32(41)42)36-29(39)23-14-18-6-2-4-8-25(18)46-34(23)44/h1-14,26,31H,15-16H2,(H,35,38)(H,36,39)(H,41,42)/t26-,31-/m1/s1. The highest BCUT2D eigenvalue weighted by atomic mass is 32.2. The molecule has 2 atom stereocenters. The van der Waals surface area contributed by atoms with Crippen molar-refractivity contribution < 1.29 is 33.1 Å². The van der Waals surface area contributed by atoms with Gasteiger partial charge in [0.05, 0.1) is 0 Å². The van der Waals surface area contributed by atoms with Crippen LogP contribution in [0.25, 0.3) is 21.9 Å². The van der Waals surface area contributed by atoms with Crippen molar-refractivity contribution in [2.45, 2.75) is 16.3 Å². The average Bonchev–Trinajstić information content (AvgIpc) is 3.08. The van der Waals surface area contributed by atoms with Crippen molar-refractivity contribution in [1.82, 2.24) is 10.2 Å². The number of β-lactam (4-membered cyclic amide) rings is 1. The first-order valence-electron chi connectivity index (χ1n) is 14.5. The number of rotatable bonds is 8. The van der Waals surface area contributed by atoms with E-state index in [9.17, 15) is 33.9 Å². The topological polar surface area (TPSA) is 176 Å². The fourth-order valence-electron chi connectivity index (χ4n) is 5.46. The molecule has 1 fully saturated rings. The Morgan fingerprint density at radius 3 is 2.02 bits per heavy atom. The van der Waals surface area contributed by atoms with E-state index in [1.165, 1.54) is 40.6 Å². The lowest BCUT2D eigenvalue weighted by atomic mass is 10.0. The number of aliphatic carboxylic acids is 1. The Bertz CT molecular complexity index is 2310. The lowest BCUT2D eigenvalue weighted by molar-refractivity contribution is -0.148. The van der Waals surface area contributed by atoms with Crippen molar-refractivity contribution in [3.63, 3.8) is 0 Å². The Kier molecular flexibility index (Phi) is 8.11. The number of carbonyl (C=O) groups is 4. The summed E-state index contributed by atoms with van der Waals surface area (Å²) in [5, 5.41) is 15.8. The molecule has 0 bridgehead atoms. The van der Waals surface area contributed by atoms with Gasteiger partial charge in [0.25, 0.3) is 17.7 Å². The minimum Gasteiger partial charge on any atom is -0.477 e. The number of carbonyl (C=O) groups excluding carboxylic acids is 3. The van der Waals surface area contributed by atoms with Gasteiger partial charge in [0.2, 0.25) is 0 Å². The molecule has 0 radical (unpaired) electrons. The van der Waals surface area contributed by atoms with E-state index < -0.39 is 46.4 Å². The second-order valence-corrected chi connectivity index (χ2v) is 13.0. The van der Waals surface area contributed by atoms with E-state index >= 15 is 0 Å². The van der Waals surface area contributed by atoms with Crippen LogP contribution in [-0.4, -0.2) is 56.6 Å². The Hall–Kier alpha value is -5.60. The fourth-order valence-corrected chi connectivity index (χ4v) is 7.84. The van der Waals surface area contributed by atoms with Crippen LogP contribution in [0.4, 0.5) is 5.69 Å². The molecular formula is C34H23N3O9S2. The van der Waals surface area contributed by atoms with Gasteiger partial charge < -0.3 is 24.6 Å². The maximum Gasteiger partial charge on any atom is 0.352 e. The highest BCUT2D eigenvalue weighted by Crippen LogP contribution is 2.41. The van der Waals surface area contributed by atoms with Crippen LogP contribution in [-0.2, 0) is 9.59 Å². The van der Waals surface area contributed by atoms with Crippen molar-refractivity contribution in [2.75, 3.05) is 16.8 Å². The molecule has 0 unspecified atom stereocenters. The predicted octanol–water partition coefficient (Wildman–Crippen LogP) is 4.30. The van der Waals surface area contributed by atoms with Crippen LogP contribution < -0.4 is 21.9 Å². The number of amides is 3. The Labute approximate surface area is 278 Å². The van der Waals surface area contributed by atoms with Gasteiger partial charge in [0.1, 0.15) is 39.4 Å². The molecule has 0 saturated carbocycles. The number of nitrogens with zero attached hydrogens (tertiary/aromatic N) is 1. The predicted molar refractivity (Wildman–Crippen MR) is 179 cm³/mol. The van der Waals surface area contributed by atoms with Gasteiger partial charge in [0.15, 0.2) is 0 Å². The van der Waals surface area contributed by atoms with Crippen LogP contribution in [0.2, 0.25) is 0 Å². The lowest BCUT2D eigenvalue weighted by Crippen LogP contribution is -2.70. The van der Waals surface area contributed by atoms with Crippen molar-refractivity contribution in [3.05, 3.63) is 128 Å². The largest absolute Gasteiger partial charge is 0.477 e. The van der Waals surface area contributed by atoms with Gasteiger partial charge in [-0.25, -0.2) is 14.4 Å². The van der Waals surface area contributed by atoms with Crippen LogP contribution in [0, 0.1) is 0 Å². The molecule has 7 rings (SSSR count). The SMILES string of the molecule is O=C(O)C1=C(CSc2ccc(NC(=O)c3cc4ccccc4oc3=O)cc2)CS[C@@H]2[C@H](NC(=O)c3cc4ccccc4oc3=O)C(=O)N12. The first kappa shape index (κ1) is 31.0. The summed E-state index contributed by atoms with van der Waals surface area (Å²) in [4.78, 5) is 77.9. The van der Waals surface area contributed by atoms with Gasteiger partial charge in [0, 0.05) is 32.9 Å². The van der Waals surface area contributed by atoms with E-state index in [2.05, 4.69) is 10.6 Å². The first-order chi connectivity index (χ1) is 23.2. The normalized spacial score (nSPS) is 17.2. The summed E-state index contributed by atoms with van der Waals surface area (Å²) < 4.78 is 10.5. The van der Waals surface area contributed by atoms with Gasteiger partial charge in [-0.05, 0) is 54.1 Å². The average molecular weight is 682 g/mol. The zero-order chi connectivity index (χ0) is 33.5. The molecule has 14 heteroatoms. The van der Waals surface area contributed by atoms with Crippen LogP contribution in [0.3, 0.4) is 0 Å². The fraction of sp³-hybridized carbons (Fsp3) is 0.118. The molecule has 3 N–H and O–H groups in total. The molecule has 3 aromatic carbocycles. The van der Waals surface area contributed by atoms with E-state index in [1.54, 1.807) is 72.8 Å². The van der Waals surface area contributed by atoms with Crippen molar-refractivity contribution in [3.8, 4) is 0 Å². The Morgan fingerprint density at radius 2 is 1.42 bits per heavy atom. The zero-order valence-electron chi connectivity index (χ0n) is 24.6. The van der Waals surface area contributed by atoms with Gasteiger partial charge in [-0.3, -0.25) is 19.3 Å². The lowest BCUT2D eigenvalue weighted by Gasteiger charge is -2.49. The van der Waals surface area contributed by atoms with Crippen molar-refractivity contribution in [2.24, 2.45) is 0 Å². The maximum absolute atomic E-state index is 13.1. The Morgan fingerprint density at radius 1 is 0.833 bits per heavy atom. The zero-order valence-corrected chi connectivity index (χ0v) is 26.3. The quantitative estimate of drug-likeness (QED) is 0.121. The van der Waals surface area contributed by atoms with Gasteiger partial charge in [-0.15, -0.1) is 23.5 Å². The number of nitrogens with one attached hydrogen (secondary N) is 2. The third kappa shape index (κ3) is 5.75. The number of hydrogen-bond donors (Lipinski definition) is 3. The summed E-state index contributed by atoms with van der Waals surface area (Å²) in [6, 6.07) is 22.3. The molecule has 240 valence electrons. The third-order valence-electron chi connectivity index (χ3n) is 7.83. The van der Waals surface area contributed by atoms with Crippen LogP contribution in [0.1, 0.15) is 20.7 Å². The summed E-state index contributed by atoms with van der Waals surface area (Å²) in [6.45, 7) is 0. The van der Waals surface area contributed by atoms with Crippen LogP contribution in [0.15, 0.2) is 120 Å². The number of carboxylic acid groups (broad SMARTS) is 1. The molecule has 0 spiro atoms. The molecule has 2 aromatic heterocycles. The van der Waals surface area contributed by atoms with E-state index in [4.69, 9.17) is 8.83 Å². The molecular weight excluding hydrogens is 659 g/mol. The van der Waals surface area contributed by atoms with Gasteiger partial charge in [-0.2, -0.15) is 0 Å². The second kappa shape index (κ2) is 12.5. The number of thioether (sulfide) groups is 2. The van der Waals surface area contributed by atoms with E-state index in [0.29, 0.717) is 39.0 Å². The number of carboxylic acids is 1. The minimum absolute atomic E-state index is 0.130. The molecule has 0 aliphatic carbocycles. The highest BCUT2D eigenvalue weighted by Gasteiger charge is 2.54. The van der Waals surface area contributed by atoms with Crippen molar-refractivity contribution in [1.29, 1.82) is 0 Å². The van der Waals surface area contributed by atoms with E-state index in [1.807, 2.05) is 0 Å². The summed E-state index contributed by atoms with van der Waals surface area (Å²) >= 11 is 2.67. The minimum atomic E-state index is -1.26. The molecule has 4 heterocycles. The molecule has 2 aliphatic rings. The maximum atomic E-state index is 13.1. The molecule has 2 aliphatic heterocycles. The highest BCUT2D eigenvalue weighted by molar-refractivity contribution is 8.01. The monoisotopic (exact) mass is 681 g/mol. The van der Waals surface area contributed by atoms with Gasteiger partial charge >= 0.3 is 17.2 Å². The van der Waals surface area contributed by atoms with Crippen LogP contribution >= 0.6 is 23.5 Å². The smallest absolute Gasteiger partial charge is 0.352 e. The third-order valence-corrected chi connectivity index (χ3v) is 10.3. The summed E-state index contributed by atoms with van der Waals surface area (Å²) in [5.41, 5.74) is -0.431. The van der Waals surface area contributed by atoms with E-state index in [-0.39, 0.29) is 22.6 Å². The number of fused-ring (bicyclic) bond motifs is 3. The van der Waals surface area contributed by atoms with Crippen LogP contribution in [0.5, 0.6) is 0 Å². The molecule has 5 aromatic rings. The first-order valence-corrected chi connectivity index (χ1v) is 16.5.